The number of carboxylic acid groups (broad SMARTS) is 1. The molecule has 9 N–H and O–H groups in total. The molecule has 0 aliphatic heterocycles. The molecule has 0 saturated heterocycles. The molecule has 12 heteroatoms. The lowest BCUT2D eigenvalue weighted by atomic mass is 10.1. The zero-order valence-electron chi connectivity index (χ0n) is 14.1. The van der Waals surface area contributed by atoms with Crippen LogP contribution in [0.3, 0.4) is 0 Å². The minimum atomic E-state index is -1.53. The number of rotatable bonds is 10. The lowest BCUT2D eigenvalue weighted by molar-refractivity contribution is -0.141. The lowest BCUT2D eigenvalue weighted by Crippen LogP contribution is -2.51. The Labute approximate surface area is 148 Å². The van der Waals surface area contributed by atoms with Crippen LogP contribution in [0.5, 0.6) is 0 Å². The number of carboxylic acids is 1. The molecule has 4 unspecified atom stereocenters. The number of hydrogen-bond acceptors (Lipinski definition) is 8. The fraction of sp³-hybridized carbons (Fsp3) is 0.571. The molecule has 0 aliphatic carbocycles. The molecule has 12 nitrogen and oxygen atoms in total. The van der Waals surface area contributed by atoms with Crippen LogP contribution >= 0.6 is 0 Å². The molecule has 1 rings (SSSR count). The molecule has 1 heterocycles. The van der Waals surface area contributed by atoms with Crippen LogP contribution in [-0.4, -0.2) is 57.1 Å². The van der Waals surface area contributed by atoms with Gasteiger partial charge in [-0.1, -0.05) is 5.16 Å². The summed E-state index contributed by atoms with van der Waals surface area (Å²) < 4.78 is 4.99. The Morgan fingerprint density at radius 3 is 2.50 bits per heavy atom. The summed E-state index contributed by atoms with van der Waals surface area (Å²) in [6, 6.07) is -2.68. The molecule has 26 heavy (non-hydrogen) atoms. The Kier molecular flexibility index (Phi) is 7.96. The Morgan fingerprint density at radius 1 is 1.35 bits per heavy atom. The summed E-state index contributed by atoms with van der Waals surface area (Å²) in [5.41, 5.74) is 10.9. The highest BCUT2D eigenvalue weighted by atomic mass is 16.5. The van der Waals surface area contributed by atoms with Crippen LogP contribution in [0, 0.1) is 0 Å². The predicted octanol–water partition coefficient (Wildman–Crippen LogP) is -1.89. The number of carbonyl (C=O) groups is 3. The van der Waals surface area contributed by atoms with Gasteiger partial charge in [-0.15, -0.1) is 0 Å². The molecule has 0 radical (unpaired) electrons. The summed E-state index contributed by atoms with van der Waals surface area (Å²) in [6.45, 7) is 0.826. The van der Waals surface area contributed by atoms with Crippen molar-refractivity contribution in [2.24, 2.45) is 11.5 Å². The molecule has 0 saturated carbocycles. The summed E-state index contributed by atoms with van der Waals surface area (Å²) in [5, 5.41) is 35.7. The van der Waals surface area contributed by atoms with Crippen molar-refractivity contribution in [2.75, 3.05) is 6.61 Å². The normalized spacial score (nSPS) is 15.5. The van der Waals surface area contributed by atoms with Gasteiger partial charge in [-0.25, -0.2) is 9.59 Å². The van der Waals surface area contributed by atoms with Crippen molar-refractivity contribution in [3.05, 3.63) is 17.5 Å². The molecule has 146 valence electrons. The second-order valence-corrected chi connectivity index (χ2v) is 5.68. The van der Waals surface area contributed by atoms with Crippen molar-refractivity contribution in [2.45, 2.75) is 44.0 Å². The van der Waals surface area contributed by atoms with E-state index in [9.17, 15) is 19.5 Å². The average molecular weight is 373 g/mol. The summed E-state index contributed by atoms with van der Waals surface area (Å²) in [6.07, 6.45) is -1.35. The van der Waals surface area contributed by atoms with Crippen molar-refractivity contribution in [1.29, 1.82) is 0 Å². The minimum Gasteiger partial charge on any atom is -0.480 e. The van der Waals surface area contributed by atoms with E-state index >= 15 is 0 Å². The third-order valence-electron chi connectivity index (χ3n) is 3.49. The Morgan fingerprint density at radius 2 is 2.00 bits per heavy atom. The maximum absolute atomic E-state index is 12.1. The zero-order valence-corrected chi connectivity index (χ0v) is 14.1. The Bertz CT molecular complexity index is 633. The van der Waals surface area contributed by atoms with E-state index in [2.05, 4.69) is 15.8 Å². The van der Waals surface area contributed by atoms with E-state index in [4.69, 9.17) is 26.2 Å². The molecule has 1 aromatic heterocycles. The van der Waals surface area contributed by atoms with Crippen LogP contribution in [0.2, 0.25) is 0 Å². The summed E-state index contributed by atoms with van der Waals surface area (Å²) in [4.78, 5) is 34.1. The largest absolute Gasteiger partial charge is 0.480 e. The number of primary amides is 1. The standard InChI is InChI=1S/C14H23N5O7/c1-6(21)12(13(23)24)18-14(25)17-8(2-3-11(16)22)9-4-10(26-19-9)7(15)5-20/h4,6-8,12,20-21H,2-3,5,15H2,1H3,(H2,16,22)(H,23,24)(H2,17,18,25). The van der Waals surface area contributed by atoms with Crippen molar-refractivity contribution in [3.63, 3.8) is 0 Å². The number of aliphatic hydroxyl groups is 2. The first-order valence-electron chi connectivity index (χ1n) is 7.74. The minimum absolute atomic E-state index is 0.0650. The smallest absolute Gasteiger partial charge is 0.328 e. The molecule has 0 aromatic carbocycles. The third-order valence-corrected chi connectivity index (χ3v) is 3.49. The summed E-state index contributed by atoms with van der Waals surface area (Å²) in [5.74, 6) is -1.86. The van der Waals surface area contributed by atoms with Crippen LogP contribution in [0.4, 0.5) is 4.79 Å². The second-order valence-electron chi connectivity index (χ2n) is 5.68. The number of nitrogens with one attached hydrogen (secondary N) is 2. The van der Waals surface area contributed by atoms with Crippen LogP contribution in [-0.2, 0) is 9.59 Å². The molecule has 4 atom stereocenters. The highest BCUT2D eigenvalue weighted by Crippen LogP contribution is 2.21. The maximum Gasteiger partial charge on any atom is 0.328 e. The number of amides is 3. The monoisotopic (exact) mass is 373 g/mol. The molecular weight excluding hydrogens is 350 g/mol. The fourth-order valence-corrected chi connectivity index (χ4v) is 2.04. The van der Waals surface area contributed by atoms with Crippen LogP contribution in [0.15, 0.2) is 10.6 Å². The highest BCUT2D eigenvalue weighted by Gasteiger charge is 2.27. The van der Waals surface area contributed by atoms with Gasteiger partial charge in [-0.3, -0.25) is 4.79 Å². The predicted molar refractivity (Wildman–Crippen MR) is 86.5 cm³/mol. The first-order chi connectivity index (χ1) is 12.1. The number of aromatic nitrogens is 1. The molecule has 3 amide bonds. The number of aliphatic hydroxyl groups excluding tert-OH is 2. The van der Waals surface area contributed by atoms with Crippen molar-refractivity contribution in [1.82, 2.24) is 15.8 Å². The van der Waals surface area contributed by atoms with Crippen LogP contribution < -0.4 is 22.1 Å². The SMILES string of the molecule is CC(O)C(NC(=O)NC(CCC(N)=O)c1cc(C(N)CO)on1)C(=O)O. The van der Waals surface area contributed by atoms with E-state index in [0.717, 1.165) is 0 Å². The molecule has 0 aliphatic rings. The van der Waals surface area contributed by atoms with Gasteiger partial charge >= 0.3 is 12.0 Å². The van der Waals surface area contributed by atoms with Gasteiger partial charge in [0.1, 0.15) is 5.69 Å². The second kappa shape index (κ2) is 9.70. The number of carbonyl (C=O) groups excluding carboxylic acids is 2. The van der Waals surface area contributed by atoms with E-state index in [1.807, 2.05) is 0 Å². The van der Waals surface area contributed by atoms with Crippen molar-refractivity contribution in [3.8, 4) is 0 Å². The van der Waals surface area contributed by atoms with Crippen molar-refractivity contribution >= 4 is 17.9 Å². The fourth-order valence-electron chi connectivity index (χ4n) is 2.04. The van der Waals surface area contributed by atoms with Crippen molar-refractivity contribution < 1.29 is 34.2 Å². The van der Waals surface area contributed by atoms with E-state index in [0.29, 0.717) is 0 Å². The average Bonchev–Trinajstić information content (AvgIpc) is 3.04. The third kappa shape index (κ3) is 6.31. The Hall–Kier alpha value is -2.70. The van der Waals surface area contributed by atoms with E-state index in [1.54, 1.807) is 0 Å². The van der Waals surface area contributed by atoms with Crippen LogP contribution in [0.25, 0.3) is 0 Å². The topological polar surface area (TPSA) is 214 Å². The van der Waals surface area contributed by atoms with Gasteiger partial charge in [-0.2, -0.15) is 0 Å². The van der Waals surface area contributed by atoms with Gasteiger partial charge in [0, 0.05) is 12.5 Å². The molecule has 1 aromatic rings. The van der Waals surface area contributed by atoms with Gasteiger partial charge in [0.15, 0.2) is 11.8 Å². The van der Waals surface area contributed by atoms with E-state index < -0.39 is 42.1 Å². The molecular formula is C14H23N5O7. The number of aliphatic carboxylic acids is 1. The van der Waals surface area contributed by atoms with Gasteiger partial charge in [0.2, 0.25) is 5.91 Å². The molecule has 0 fully saturated rings. The molecule has 0 spiro atoms. The quantitative estimate of drug-likeness (QED) is 0.243. The zero-order chi connectivity index (χ0) is 19.9. The highest BCUT2D eigenvalue weighted by molar-refractivity contribution is 5.83. The van der Waals surface area contributed by atoms with Gasteiger partial charge in [0.25, 0.3) is 0 Å². The van der Waals surface area contributed by atoms with E-state index in [1.165, 1.54) is 13.0 Å². The Balaban J connectivity index is 2.89. The first-order valence-corrected chi connectivity index (χ1v) is 7.74. The molecule has 0 bridgehead atoms. The van der Waals surface area contributed by atoms with Crippen LogP contribution in [0.1, 0.15) is 43.3 Å². The number of nitrogens with zero attached hydrogens (tertiary/aromatic N) is 1. The van der Waals surface area contributed by atoms with Gasteiger partial charge in [-0.05, 0) is 13.3 Å². The summed E-state index contributed by atoms with van der Waals surface area (Å²) in [7, 11) is 0. The number of urea groups is 1. The lowest BCUT2D eigenvalue weighted by Gasteiger charge is -2.20. The maximum atomic E-state index is 12.1. The summed E-state index contributed by atoms with van der Waals surface area (Å²) >= 11 is 0. The van der Waals surface area contributed by atoms with Gasteiger partial charge < -0.3 is 41.9 Å². The van der Waals surface area contributed by atoms with E-state index in [-0.39, 0.29) is 30.9 Å². The van der Waals surface area contributed by atoms with Gasteiger partial charge in [0.05, 0.1) is 24.8 Å². The number of nitrogens with two attached hydrogens (primary N) is 2. The first kappa shape index (κ1) is 21.3. The number of hydrogen-bond donors (Lipinski definition) is 7.